The van der Waals surface area contributed by atoms with Gasteiger partial charge < -0.3 is 64.0 Å². The largest absolute Gasteiger partial charge is 0.481 e. The molecule has 0 aliphatic rings. The molecule has 0 bridgehead atoms. The molecule has 5 unspecified atom stereocenters. The number of primary amides is 1. The predicted molar refractivity (Wildman–Crippen MR) is 250 cm³/mol. The first kappa shape index (κ1) is 55.2. The van der Waals surface area contributed by atoms with Crippen molar-refractivity contribution >= 4 is 76.9 Å². The van der Waals surface area contributed by atoms with E-state index in [1.807, 2.05) is 36.4 Å². The molecule has 23 nitrogen and oxygen atoms in total. The van der Waals surface area contributed by atoms with Gasteiger partial charge in [0.15, 0.2) is 0 Å². The highest BCUT2D eigenvalue weighted by molar-refractivity contribution is 5.96. The Hall–Kier alpha value is -8.11. The van der Waals surface area contributed by atoms with Crippen LogP contribution in [0.4, 0.5) is 4.79 Å². The Labute approximate surface area is 398 Å². The van der Waals surface area contributed by atoms with E-state index in [0.29, 0.717) is 36.9 Å². The monoisotopic (exact) mass is 959 g/mol. The lowest BCUT2D eigenvalue weighted by atomic mass is 10.0. The highest BCUT2D eigenvalue weighted by Gasteiger charge is 2.30. The first-order valence-electron chi connectivity index (χ1n) is 22.2. The summed E-state index contributed by atoms with van der Waals surface area (Å²) in [5.41, 5.74) is 6.41. The summed E-state index contributed by atoms with van der Waals surface area (Å²) in [5, 5.41) is 36.0. The van der Waals surface area contributed by atoms with Crippen LogP contribution in [0.3, 0.4) is 0 Å². The fraction of sp³-hybridized carbons (Fsp3) is 0.413. The number of rotatable bonds is 32. The molecule has 5 atom stereocenters. The molecule has 0 radical (unpaired) electrons. The molecule has 0 aliphatic carbocycles. The maximum atomic E-state index is 14.2. The maximum absolute atomic E-state index is 14.2. The molecule has 0 spiro atoms. The summed E-state index contributed by atoms with van der Waals surface area (Å²) in [6.07, 6.45) is 1.04. The number of carboxylic acids is 1. The van der Waals surface area contributed by atoms with Crippen LogP contribution in [0.1, 0.15) is 56.6 Å². The minimum absolute atomic E-state index is 0.0305. The second kappa shape index (κ2) is 30.2. The number of urea groups is 1. The van der Waals surface area contributed by atoms with Crippen LogP contribution in [0, 0.1) is 0 Å². The second-order valence-corrected chi connectivity index (χ2v) is 15.9. The van der Waals surface area contributed by atoms with Crippen molar-refractivity contribution < 1.29 is 57.8 Å². The Kier molecular flexibility index (Phi) is 24.2. The van der Waals surface area contributed by atoms with Gasteiger partial charge in [-0.05, 0) is 60.9 Å². The van der Waals surface area contributed by atoms with Gasteiger partial charge in [-0.15, -0.1) is 0 Å². The summed E-state index contributed by atoms with van der Waals surface area (Å²) in [6.45, 7) is 0.573. The van der Waals surface area contributed by atoms with Crippen LogP contribution in [0.5, 0.6) is 0 Å². The molecule has 3 aromatic rings. The van der Waals surface area contributed by atoms with Crippen LogP contribution in [-0.4, -0.2) is 134 Å². The Morgan fingerprint density at radius 1 is 0.536 bits per heavy atom. The van der Waals surface area contributed by atoms with E-state index in [1.165, 1.54) is 0 Å². The zero-order valence-corrected chi connectivity index (χ0v) is 38.2. The summed E-state index contributed by atoms with van der Waals surface area (Å²) < 4.78 is 0. The minimum Gasteiger partial charge on any atom is -0.481 e. The van der Waals surface area contributed by atoms with Gasteiger partial charge in [0, 0.05) is 38.4 Å². The Morgan fingerprint density at radius 2 is 1.07 bits per heavy atom. The smallest absolute Gasteiger partial charge is 0.312 e. The van der Waals surface area contributed by atoms with E-state index in [-0.39, 0.29) is 51.1 Å². The zero-order valence-electron chi connectivity index (χ0n) is 38.2. The van der Waals surface area contributed by atoms with Crippen molar-refractivity contribution in [3.05, 3.63) is 83.9 Å². The quantitative estimate of drug-likeness (QED) is 0.0236. The number of carbonyl (C=O) groups excluding carboxylic acids is 10. The molecule has 3 rings (SSSR count). The zero-order chi connectivity index (χ0) is 50.6. The number of amides is 11. The van der Waals surface area contributed by atoms with E-state index in [0.717, 1.165) is 10.8 Å². The number of nitrogens with one attached hydrogen (secondary N) is 10. The Bertz CT molecular complexity index is 2250. The molecule has 0 heterocycles. The van der Waals surface area contributed by atoms with Crippen molar-refractivity contribution in [3.63, 3.8) is 0 Å². The molecule has 0 saturated carbocycles. The van der Waals surface area contributed by atoms with Crippen molar-refractivity contribution in [1.29, 1.82) is 0 Å². The fourth-order valence-electron chi connectivity index (χ4n) is 6.91. The maximum Gasteiger partial charge on any atom is 0.312 e. The number of carboxylic acid groups (broad SMARTS) is 1. The molecule has 0 aromatic heterocycles. The molecule has 11 amide bonds. The van der Waals surface area contributed by atoms with Crippen LogP contribution < -0.4 is 58.9 Å². The van der Waals surface area contributed by atoms with Crippen LogP contribution in [0.15, 0.2) is 72.8 Å². The minimum atomic E-state index is -1.43. The Balaban J connectivity index is 1.82. The van der Waals surface area contributed by atoms with Crippen molar-refractivity contribution in [2.24, 2.45) is 5.73 Å². The lowest BCUT2D eigenvalue weighted by Crippen LogP contribution is -2.57. The van der Waals surface area contributed by atoms with E-state index in [2.05, 4.69) is 53.2 Å². The summed E-state index contributed by atoms with van der Waals surface area (Å²) >= 11 is 0. The molecule has 0 aliphatic heterocycles. The van der Waals surface area contributed by atoms with Crippen LogP contribution in [0.25, 0.3) is 10.8 Å². The third-order valence-electron chi connectivity index (χ3n) is 10.4. The molecule has 3 aromatic carbocycles. The molecule has 372 valence electrons. The average Bonchev–Trinajstić information content (AvgIpc) is 3.32. The highest BCUT2D eigenvalue weighted by Crippen LogP contribution is 2.17. The lowest BCUT2D eigenvalue weighted by Gasteiger charge is -2.24. The number of benzene rings is 3. The van der Waals surface area contributed by atoms with Gasteiger partial charge in [-0.2, -0.15) is 0 Å². The van der Waals surface area contributed by atoms with E-state index in [4.69, 9.17) is 5.73 Å². The van der Waals surface area contributed by atoms with Crippen LogP contribution >= 0.6 is 0 Å². The third-order valence-corrected chi connectivity index (χ3v) is 10.4. The van der Waals surface area contributed by atoms with Gasteiger partial charge >= 0.3 is 12.0 Å². The molecule has 0 fully saturated rings. The number of aliphatic carboxylic acids is 1. The molecular formula is C46H61N11O12. The highest BCUT2D eigenvalue weighted by atomic mass is 16.4. The molecule has 13 N–H and O–H groups in total. The first-order valence-corrected chi connectivity index (χ1v) is 22.2. The predicted octanol–water partition coefficient (Wildman–Crippen LogP) is -2.11. The molecular weight excluding hydrogens is 899 g/mol. The number of hydrogen-bond donors (Lipinski definition) is 12. The third kappa shape index (κ3) is 21.8. The van der Waals surface area contributed by atoms with E-state index < -0.39 is 104 Å². The summed E-state index contributed by atoms with van der Waals surface area (Å²) in [4.78, 5) is 138. The van der Waals surface area contributed by atoms with E-state index in [9.17, 15) is 57.8 Å². The number of hydrogen-bond acceptors (Lipinski definition) is 11. The summed E-state index contributed by atoms with van der Waals surface area (Å²) in [7, 11) is 0. The fourth-order valence-corrected chi connectivity index (χ4v) is 6.91. The van der Waals surface area contributed by atoms with E-state index in [1.54, 1.807) is 43.3 Å². The normalized spacial score (nSPS) is 12.8. The number of fused-ring (bicyclic) bond motifs is 1. The van der Waals surface area contributed by atoms with Crippen molar-refractivity contribution in [1.82, 2.24) is 53.2 Å². The SMILES string of the molecule is CC(CCCNC=O)NC(=O)CNC(=O)C(CCCNC(N)=O)NC(=O)C(Cc1ccc2ccccc2c1)NC(=O)CNC(=O)C(Cc1ccccc1)NC(=O)C(CCC(=O)O)NC(=O)CNC=O. The van der Waals surface area contributed by atoms with Crippen molar-refractivity contribution in [3.8, 4) is 0 Å². The van der Waals surface area contributed by atoms with Crippen LogP contribution in [-0.2, 0) is 60.8 Å². The van der Waals surface area contributed by atoms with E-state index >= 15 is 0 Å². The van der Waals surface area contributed by atoms with Gasteiger partial charge in [-0.25, -0.2) is 4.79 Å². The van der Waals surface area contributed by atoms with Gasteiger partial charge in [0.2, 0.25) is 54.2 Å². The lowest BCUT2D eigenvalue weighted by molar-refractivity contribution is -0.138. The molecule has 69 heavy (non-hydrogen) atoms. The number of carbonyl (C=O) groups is 11. The standard InChI is InChI=1S/C46H61N11O12/c1-29(9-7-19-48-27-58)53-39(61)25-51-42(65)34(14-8-20-50-46(47)69)56-45(68)37(23-31-15-16-32-12-5-6-13-33(32)21-31)55-40(62)26-52-43(66)36(22-30-10-3-2-4-11-30)57-44(67)35(17-18-41(63)64)54-38(60)24-49-28-59/h2-6,10-13,15-16,21,27-29,34-37H,7-9,14,17-20,22-26H2,1H3,(H,48,58)(H,49,59)(H,51,65)(H,52,66)(H,53,61)(H,54,60)(H,55,62)(H,56,68)(H,57,67)(H,63,64)(H3,47,50,69). The summed E-state index contributed by atoms with van der Waals surface area (Å²) in [5.74, 6) is -6.72. The summed E-state index contributed by atoms with van der Waals surface area (Å²) in [6, 6.07) is 14.9. The average molecular weight is 960 g/mol. The number of nitrogens with two attached hydrogens (primary N) is 1. The van der Waals surface area contributed by atoms with Crippen LogP contribution in [0.2, 0.25) is 0 Å². The molecule has 23 heteroatoms. The van der Waals surface area contributed by atoms with Crippen molar-refractivity contribution in [2.75, 3.05) is 32.7 Å². The van der Waals surface area contributed by atoms with Crippen molar-refractivity contribution in [2.45, 2.75) is 88.5 Å². The van der Waals surface area contributed by atoms with Gasteiger partial charge in [-0.3, -0.25) is 47.9 Å². The molecule has 0 saturated heterocycles. The first-order chi connectivity index (χ1) is 33.1. The second-order valence-electron chi connectivity index (χ2n) is 15.9. The topological polar surface area (TPSA) is 354 Å². The van der Waals surface area contributed by atoms with Gasteiger partial charge in [-0.1, -0.05) is 72.8 Å². The Morgan fingerprint density at radius 3 is 1.74 bits per heavy atom. The van der Waals surface area contributed by atoms with Gasteiger partial charge in [0.1, 0.15) is 24.2 Å². The van der Waals surface area contributed by atoms with Gasteiger partial charge in [0.25, 0.3) is 0 Å². The van der Waals surface area contributed by atoms with Gasteiger partial charge in [0.05, 0.1) is 19.6 Å².